The highest BCUT2D eigenvalue weighted by atomic mass is 19.1. The lowest BCUT2D eigenvalue weighted by atomic mass is 9.81. The minimum Gasteiger partial charge on any atom is -0.456 e. The number of allylic oxidation sites excluding steroid dienone is 4. The number of furan rings is 1. The van der Waals surface area contributed by atoms with Crippen molar-refractivity contribution in [2.24, 2.45) is 0 Å². The van der Waals surface area contributed by atoms with E-state index in [9.17, 15) is 4.39 Å². The van der Waals surface area contributed by atoms with Gasteiger partial charge in [0.05, 0.1) is 0 Å². The summed E-state index contributed by atoms with van der Waals surface area (Å²) in [6.45, 7) is 0. The van der Waals surface area contributed by atoms with E-state index in [1.165, 1.54) is 16.3 Å². The van der Waals surface area contributed by atoms with Gasteiger partial charge in [-0.3, -0.25) is 0 Å². The molecule has 0 saturated carbocycles. The summed E-state index contributed by atoms with van der Waals surface area (Å²) in [6.07, 6.45) is 5.86. The molecular formula is C36H21FO. The summed E-state index contributed by atoms with van der Waals surface area (Å²) in [5.41, 5.74) is 5.22. The summed E-state index contributed by atoms with van der Waals surface area (Å²) in [5, 5.41) is 9.05. The first-order valence-electron chi connectivity index (χ1n) is 12.9. The standard InChI is InChI=1S/C36H21FO/c37-25-18-16-22(17-19-25)34-26-10-3-5-12-28(26)35(29-13-6-4-11-27(29)34)30-14-7-15-32-36(30)31-20-23-8-1-2-9-24(23)21-33(31)38-32/h1-3,5-10,12-16,18-22H,17H2. The molecule has 1 unspecified atom stereocenters. The van der Waals surface area contributed by atoms with Crippen LogP contribution in [0.3, 0.4) is 0 Å². The first kappa shape index (κ1) is 21.2. The van der Waals surface area contributed by atoms with Gasteiger partial charge in [-0.25, -0.2) is 4.39 Å². The van der Waals surface area contributed by atoms with Gasteiger partial charge in [-0.1, -0.05) is 78.9 Å². The van der Waals surface area contributed by atoms with Crippen LogP contribution in [0.15, 0.2) is 119 Å². The van der Waals surface area contributed by atoms with Crippen LogP contribution >= 0.6 is 0 Å². The maximum absolute atomic E-state index is 13.9. The van der Waals surface area contributed by atoms with E-state index in [-0.39, 0.29) is 11.7 Å². The van der Waals surface area contributed by atoms with Crippen molar-refractivity contribution < 1.29 is 8.81 Å². The van der Waals surface area contributed by atoms with Crippen molar-refractivity contribution in [3.8, 4) is 11.1 Å². The monoisotopic (exact) mass is 488 g/mol. The molecule has 0 fully saturated rings. The van der Waals surface area contributed by atoms with E-state index in [4.69, 9.17) is 4.42 Å². The van der Waals surface area contributed by atoms with Crippen molar-refractivity contribution in [1.29, 1.82) is 0 Å². The zero-order valence-corrected chi connectivity index (χ0v) is 20.5. The van der Waals surface area contributed by atoms with Gasteiger partial charge in [-0.05, 0) is 92.5 Å². The number of halogens is 1. The molecule has 0 spiro atoms. The van der Waals surface area contributed by atoms with E-state index in [0.29, 0.717) is 6.42 Å². The third kappa shape index (κ3) is 3.06. The Hall–Kier alpha value is -4.87. The minimum absolute atomic E-state index is 0.0694. The quantitative estimate of drug-likeness (QED) is 0.236. The van der Waals surface area contributed by atoms with Crippen LogP contribution in [0.5, 0.6) is 0 Å². The lowest BCUT2D eigenvalue weighted by Crippen LogP contribution is -2.01. The second-order valence-electron chi connectivity index (χ2n) is 9.99. The van der Waals surface area contributed by atoms with Crippen molar-refractivity contribution in [3.63, 3.8) is 0 Å². The molecule has 1 heterocycles. The SMILES string of the molecule is FC1=CCC(c2c3c#cccc3c(-c3cccc4oc5cc6ccccc6cc5c34)c3ccccc23)C=C1. The van der Waals surface area contributed by atoms with Gasteiger partial charge in [0.1, 0.15) is 17.0 Å². The predicted molar refractivity (Wildman–Crippen MR) is 155 cm³/mol. The molecule has 7 aromatic rings. The molecular weight excluding hydrogens is 467 g/mol. The average Bonchev–Trinajstić information content (AvgIpc) is 3.33. The van der Waals surface area contributed by atoms with Gasteiger partial charge in [-0.15, -0.1) is 0 Å². The fraction of sp³-hybridized carbons (Fsp3) is 0.0556. The van der Waals surface area contributed by atoms with Gasteiger partial charge >= 0.3 is 0 Å². The highest BCUT2D eigenvalue weighted by Gasteiger charge is 2.23. The van der Waals surface area contributed by atoms with Crippen LogP contribution in [-0.4, -0.2) is 0 Å². The molecule has 0 aliphatic heterocycles. The van der Waals surface area contributed by atoms with Gasteiger partial charge in [0.15, 0.2) is 0 Å². The highest BCUT2D eigenvalue weighted by molar-refractivity contribution is 6.23. The summed E-state index contributed by atoms with van der Waals surface area (Å²) >= 11 is 0. The second-order valence-corrected chi connectivity index (χ2v) is 9.99. The molecule has 0 radical (unpaired) electrons. The van der Waals surface area contributed by atoms with Crippen molar-refractivity contribution in [2.45, 2.75) is 12.3 Å². The van der Waals surface area contributed by atoms with Crippen molar-refractivity contribution >= 4 is 54.3 Å². The van der Waals surface area contributed by atoms with Gasteiger partial charge in [-0.2, -0.15) is 0 Å². The van der Waals surface area contributed by atoms with E-state index < -0.39 is 0 Å². The topological polar surface area (TPSA) is 13.1 Å². The van der Waals surface area contributed by atoms with Crippen LogP contribution in [0.1, 0.15) is 17.9 Å². The Morgan fingerprint density at radius 2 is 1.58 bits per heavy atom. The Morgan fingerprint density at radius 3 is 2.42 bits per heavy atom. The van der Waals surface area contributed by atoms with E-state index in [1.807, 2.05) is 12.1 Å². The molecule has 1 aliphatic carbocycles. The molecule has 0 saturated heterocycles. The smallest absolute Gasteiger partial charge is 0.136 e. The fourth-order valence-corrected chi connectivity index (χ4v) is 6.23. The Morgan fingerprint density at radius 1 is 0.763 bits per heavy atom. The average molecular weight is 489 g/mol. The Bertz CT molecular complexity index is 2070. The van der Waals surface area contributed by atoms with Gasteiger partial charge < -0.3 is 4.42 Å². The summed E-state index contributed by atoms with van der Waals surface area (Å²) in [7, 11) is 0. The minimum atomic E-state index is -0.173. The Kier molecular flexibility index (Phi) is 4.51. The maximum atomic E-state index is 13.9. The molecule has 0 amide bonds. The molecule has 0 bridgehead atoms. The molecule has 1 nitrogen and oxygen atoms in total. The second kappa shape index (κ2) is 8.07. The molecule has 6 aromatic carbocycles. The molecule has 8 rings (SSSR count). The van der Waals surface area contributed by atoms with E-state index in [1.54, 1.807) is 12.2 Å². The van der Waals surface area contributed by atoms with Crippen LogP contribution in [0.2, 0.25) is 0 Å². The van der Waals surface area contributed by atoms with Crippen LogP contribution in [0.25, 0.3) is 65.4 Å². The van der Waals surface area contributed by atoms with Crippen LogP contribution < -0.4 is 0 Å². The molecule has 178 valence electrons. The number of hydrogen-bond acceptors (Lipinski definition) is 1. The lowest BCUT2D eigenvalue weighted by molar-refractivity contribution is 0.644. The number of fused-ring (bicyclic) bond motifs is 6. The fourth-order valence-electron chi connectivity index (χ4n) is 6.23. The Labute approximate surface area is 219 Å². The van der Waals surface area contributed by atoms with Gasteiger partial charge in [0, 0.05) is 22.1 Å². The van der Waals surface area contributed by atoms with Crippen molar-refractivity contribution in [3.05, 3.63) is 133 Å². The molecule has 1 aromatic heterocycles. The van der Waals surface area contributed by atoms with E-state index in [2.05, 4.69) is 97.1 Å². The largest absolute Gasteiger partial charge is 0.456 e. The summed E-state index contributed by atoms with van der Waals surface area (Å²) < 4.78 is 20.3. The molecule has 1 atom stereocenters. The van der Waals surface area contributed by atoms with Crippen LogP contribution in [0, 0.1) is 12.1 Å². The first-order chi connectivity index (χ1) is 18.8. The molecule has 2 heteroatoms. The zero-order chi connectivity index (χ0) is 25.2. The molecule has 38 heavy (non-hydrogen) atoms. The van der Waals surface area contributed by atoms with E-state index >= 15 is 0 Å². The third-order valence-corrected chi connectivity index (χ3v) is 7.88. The number of benzene rings is 5. The Balaban J connectivity index is 1.51. The number of hydrogen-bond donors (Lipinski definition) is 0. The van der Waals surface area contributed by atoms with Crippen LogP contribution in [-0.2, 0) is 0 Å². The lowest BCUT2D eigenvalue weighted by Gasteiger charge is -2.21. The summed E-state index contributed by atoms with van der Waals surface area (Å²) in [6, 6.07) is 38.4. The third-order valence-electron chi connectivity index (χ3n) is 7.88. The first-order valence-corrected chi connectivity index (χ1v) is 12.9. The molecule has 0 N–H and O–H groups in total. The summed E-state index contributed by atoms with van der Waals surface area (Å²) in [4.78, 5) is 0. The van der Waals surface area contributed by atoms with Crippen molar-refractivity contribution in [2.75, 3.05) is 0 Å². The predicted octanol–water partition coefficient (Wildman–Crippen LogP) is 10.2. The van der Waals surface area contributed by atoms with E-state index in [0.717, 1.165) is 54.6 Å². The van der Waals surface area contributed by atoms with Crippen LogP contribution in [0.4, 0.5) is 4.39 Å². The molecule has 1 aliphatic rings. The maximum Gasteiger partial charge on any atom is 0.136 e. The van der Waals surface area contributed by atoms with Gasteiger partial charge in [0.2, 0.25) is 0 Å². The van der Waals surface area contributed by atoms with Crippen molar-refractivity contribution in [1.82, 2.24) is 0 Å². The summed E-state index contributed by atoms with van der Waals surface area (Å²) in [5.74, 6) is -0.104. The zero-order valence-electron chi connectivity index (χ0n) is 20.5. The number of rotatable bonds is 2. The van der Waals surface area contributed by atoms with Gasteiger partial charge in [0.25, 0.3) is 0 Å². The highest BCUT2D eigenvalue weighted by Crippen LogP contribution is 2.46. The normalized spacial score (nSPS) is 15.5.